The summed E-state index contributed by atoms with van der Waals surface area (Å²) in [6, 6.07) is 0. The van der Waals surface area contributed by atoms with Crippen LogP contribution in [0.5, 0.6) is 0 Å². The van der Waals surface area contributed by atoms with E-state index < -0.39 is 69.6 Å². The van der Waals surface area contributed by atoms with Gasteiger partial charge >= 0.3 is 11.9 Å². The lowest BCUT2D eigenvalue weighted by Gasteiger charge is -2.21. The molecule has 0 radical (unpaired) electrons. The van der Waals surface area contributed by atoms with Crippen molar-refractivity contribution < 1.29 is 50.0 Å². The number of carbonyl (C=O) groups is 1. The van der Waals surface area contributed by atoms with Crippen LogP contribution >= 0.6 is 0 Å². The highest BCUT2D eigenvalue weighted by molar-refractivity contribution is 5.91. The van der Waals surface area contributed by atoms with E-state index in [4.69, 9.17) is 4.84 Å². The highest BCUT2D eigenvalue weighted by atomic mass is 19.4. The minimum atomic E-state index is -5.80. The van der Waals surface area contributed by atoms with E-state index in [-0.39, 0.29) is 16.4 Å². The summed E-state index contributed by atoms with van der Waals surface area (Å²) in [5.41, 5.74) is -5.85. The van der Waals surface area contributed by atoms with Gasteiger partial charge in [-0.3, -0.25) is 19.7 Å². The van der Waals surface area contributed by atoms with Crippen LogP contribution in [0.1, 0.15) is 12.5 Å². The standard InChI is InChI=1S/C15H11F7N4O5/c1-6(27)25(31-4-3-30-2)14-7(26(28)29)5-23-24(14)13-11(18)9(16)8(15(20,21)22)10(17)12(13)19/h5H,3-4H2,1-2H3. The normalized spacial score (nSPS) is 11.6. The number of nitrogens with zero attached hydrogens (tertiary/aromatic N) is 4. The Morgan fingerprint density at radius 1 is 1.16 bits per heavy atom. The molecule has 1 aromatic carbocycles. The second-order valence-corrected chi connectivity index (χ2v) is 5.64. The van der Waals surface area contributed by atoms with E-state index in [1.165, 1.54) is 7.11 Å². The molecule has 0 saturated carbocycles. The average molecular weight is 460 g/mol. The molecule has 0 spiro atoms. The minimum Gasteiger partial charge on any atom is -0.382 e. The maximum atomic E-state index is 14.4. The van der Waals surface area contributed by atoms with Gasteiger partial charge in [0.15, 0.2) is 23.3 Å². The van der Waals surface area contributed by atoms with Crippen molar-refractivity contribution in [2.75, 3.05) is 25.4 Å². The molecule has 0 bridgehead atoms. The summed E-state index contributed by atoms with van der Waals surface area (Å²) < 4.78 is 99.6. The Morgan fingerprint density at radius 2 is 1.71 bits per heavy atom. The highest BCUT2D eigenvalue weighted by Gasteiger charge is 2.44. The predicted octanol–water partition coefficient (Wildman–Crippen LogP) is 3.29. The van der Waals surface area contributed by atoms with Gasteiger partial charge in [0.05, 0.1) is 18.1 Å². The van der Waals surface area contributed by atoms with Gasteiger partial charge in [-0.05, 0) is 0 Å². The summed E-state index contributed by atoms with van der Waals surface area (Å²) in [5, 5.41) is 14.6. The van der Waals surface area contributed by atoms with Crippen LogP contribution in [-0.2, 0) is 20.5 Å². The Bertz CT molecular complexity index is 995. The van der Waals surface area contributed by atoms with Crippen molar-refractivity contribution in [3.8, 4) is 5.69 Å². The summed E-state index contributed by atoms with van der Waals surface area (Å²) in [6.45, 7) is 0.200. The Balaban J connectivity index is 2.84. The Hall–Kier alpha value is -3.27. The van der Waals surface area contributed by atoms with Crippen LogP contribution < -0.4 is 5.06 Å². The van der Waals surface area contributed by atoms with Gasteiger partial charge in [-0.1, -0.05) is 0 Å². The fourth-order valence-corrected chi connectivity index (χ4v) is 2.38. The number of benzene rings is 1. The number of anilines is 1. The second kappa shape index (κ2) is 8.84. The van der Waals surface area contributed by atoms with Crippen LogP contribution in [-0.4, -0.2) is 40.9 Å². The number of halogens is 7. The third-order valence-electron chi connectivity index (χ3n) is 3.64. The zero-order valence-electron chi connectivity index (χ0n) is 15.5. The van der Waals surface area contributed by atoms with Crippen LogP contribution in [0.25, 0.3) is 5.69 Å². The molecule has 16 heteroatoms. The van der Waals surface area contributed by atoms with E-state index in [9.17, 15) is 45.6 Å². The van der Waals surface area contributed by atoms with Gasteiger partial charge < -0.3 is 4.74 Å². The van der Waals surface area contributed by atoms with E-state index in [0.29, 0.717) is 6.20 Å². The van der Waals surface area contributed by atoms with E-state index in [2.05, 4.69) is 9.84 Å². The first-order valence-corrected chi connectivity index (χ1v) is 7.93. The molecule has 1 amide bonds. The van der Waals surface area contributed by atoms with E-state index in [0.717, 1.165) is 6.92 Å². The topological polar surface area (TPSA) is 99.7 Å². The monoisotopic (exact) mass is 460 g/mol. The number of ether oxygens (including phenoxy) is 1. The lowest BCUT2D eigenvalue weighted by atomic mass is 10.1. The predicted molar refractivity (Wildman–Crippen MR) is 86.0 cm³/mol. The molecular weight excluding hydrogens is 449 g/mol. The Kier molecular flexibility index (Phi) is 6.85. The number of alkyl halides is 3. The molecule has 2 rings (SSSR count). The summed E-state index contributed by atoms with van der Waals surface area (Å²) in [7, 11) is 1.23. The third-order valence-corrected chi connectivity index (χ3v) is 3.64. The van der Waals surface area contributed by atoms with Gasteiger partial charge in [0.2, 0.25) is 11.7 Å². The molecule has 0 aliphatic heterocycles. The molecule has 9 nitrogen and oxygen atoms in total. The number of methoxy groups -OCH3 is 1. The largest absolute Gasteiger partial charge is 0.422 e. The molecule has 170 valence electrons. The van der Waals surface area contributed by atoms with Gasteiger partial charge in [0.1, 0.15) is 17.4 Å². The molecule has 0 N–H and O–H groups in total. The van der Waals surface area contributed by atoms with Crippen LogP contribution in [0.4, 0.5) is 42.2 Å². The van der Waals surface area contributed by atoms with Gasteiger partial charge in [-0.25, -0.2) is 22.2 Å². The molecular formula is C15H11F7N4O5. The van der Waals surface area contributed by atoms with E-state index in [1.807, 2.05) is 0 Å². The smallest absolute Gasteiger partial charge is 0.382 e. The molecule has 0 atom stereocenters. The average Bonchev–Trinajstić information content (AvgIpc) is 3.07. The van der Waals surface area contributed by atoms with Crippen molar-refractivity contribution in [3.05, 3.63) is 45.1 Å². The summed E-state index contributed by atoms with van der Waals surface area (Å²) in [4.78, 5) is 26.9. The number of carbonyl (C=O) groups excluding carboxylic acids is 1. The first-order valence-electron chi connectivity index (χ1n) is 7.93. The first-order chi connectivity index (χ1) is 14.3. The Morgan fingerprint density at radius 3 is 2.13 bits per heavy atom. The van der Waals surface area contributed by atoms with Gasteiger partial charge in [0, 0.05) is 14.0 Å². The van der Waals surface area contributed by atoms with Gasteiger partial charge in [-0.15, -0.1) is 0 Å². The number of hydrogen-bond acceptors (Lipinski definition) is 6. The molecule has 2 aromatic rings. The SMILES string of the molecule is COCCON(C(C)=O)c1c([N+](=O)[O-])cnn1-c1c(F)c(F)c(C(F)(F)F)c(F)c1F. The zero-order chi connectivity index (χ0) is 23.7. The molecule has 0 unspecified atom stereocenters. The Labute approximate surface area is 167 Å². The quantitative estimate of drug-likeness (QED) is 0.207. The number of rotatable bonds is 7. The fourth-order valence-electron chi connectivity index (χ4n) is 2.38. The summed E-state index contributed by atoms with van der Waals surface area (Å²) in [6.07, 6.45) is -5.46. The van der Waals surface area contributed by atoms with Crippen molar-refractivity contribution in [2.45, 2.75) is 13.1 Å². The molecule has 0 fully saturated rings. The minimum absolute atomic E-state index is 0.122. The molecule has 0 saturated heterocycles. The lowest BCUT2D eigenvalue weighted by Crippen LogP contribution is -2.33. The first kappa shape index (κ1) is 24.0. The highest BCUT2D eigenvalue weighted by Crippen LogP contribution is 2.40. The molecule has 0 aliphatic carbocycles. The molecule has 1 aromatic heterocycles. The zero-order valence-corrected chi connectivity index (χ0v) is 15.5. The van der Waals surface area contributed by atoms with Crippen LogP contribution in [0.3, 0.4) is 0 Å². The summed E-state index contributed by atoms with van der Waals surface area (Å²) in [5.74, 6) is -13.0. The number of hydrogen-bond donors (Lipinski definition) is 0. The summed E-state index contributed by atoms with van der Waals surface area (Å²) >= 11 is 0. The number of hydroxylamine groups is 1. The number of nitro groups is 1. The van der Waals surface area contributed by atoms with Gasteiger partial charge in [-0.2, -0.15) is 23.3 Å². The van der Waals surface area contributed by atoms with Crippen molar-refractivity contribution >= 4 is 17.4 Å². The maximum Gasteiger partial charge on any atom is 0.422 e. The van der Waals surface area contributed by atoms with Crippen molar-refractivity contribution in [3.63, 3.8) is 0 Å². The number of amides is 1. The second-order valence-electron chi connectivity index (χ2n) is 5.64. The van der Waals surface area contributed by atoms with Crippen LogP contribution in [0.2, 0.25) is 0 Å². The van der Waals surface area contributed by atoms with Gasteiger partial charge in [0.25, 0.3) is 0 Å². The van der Waals surface area contributed by atoms with E-state index in [1.54, 1.807) is 0 Å². The molecule has 31 heavy (non-hydrogen) atoms. The molecule has 0 aliphatic rings. The molecule has 1 heterocycles. The van der Waals surface area contributed by atoms with Crippen LogP contribution in [0.15, 0.2) is 6.20 Å². The number of aromatic nitrogens is 2. The van der Waals surface area contributed by atoms with Crippen molar-refractivity contribution in [2.24, 2.45) is 0 Å². The lowest BCUT2D eigenvalue weighted by molar-refractivity contribution is -0.384. The third kappa shape index (κ3) is 4.43. The van der Waals surface area contributed by atoms with Crippen molar-refractivity contribution in [1.82, 2.24) is 9.78 Å². The van der Waals surface area contributed by atoms with E-state index >= 15 is 0 Å². The fraction of sp³-hybridized carbons (Fsp3) is 0.333. The van der Waals surface area contributed by atoms with Crippen molar-refractivity contribution in [1.29, 1.82) is 0 Å². The van der Waals surface area contributed by atoms with Crippen LogP contribution in [0, 0.1) is 33.4 Å². The maximum absolute atomic E-state index is 14.4.